The number of hydrogen-bond acceptors (Lipinski definition) is 3. The summed E-state index contributed by atoms with van der Waals surface area (Å²) in [6.45, 7) is 4.85. The van der Waals surface area contributed by atoms with E-state index in [-0.39, 0.29) is 17.9 Å². The quantitative estimate of drug-likeness (QED) is 0.440. The molecule has 1 rings (SSSR count). The number of aliphatic hydroxyl groups excluding tert-OH is 1. The number of hydrogen-bond donors (Lipinski definition) is 2. The van der Waals surface area contributed by atoms with Gasteiger partial charge in [0.05, 0.1) is 0 Å². The van der Waals surface area contributed by atoms with Gasteiger partial charge in [0.2, 0.25) is 5.91 Å². The predicted octanol–water partition coefficient (Wildman–Crippen LogP) is 3.34. The third kappa shape index (κ3) is 7.34. The van der Waals surface area contributed by atoms with E-state index in [4.69, 9.17) is 5.11 Å². The van der Waals surface area contributed by atoms with Crippen molar-refractivity contribution in [1.82, 2.24) is 5.32 Å². The van der Waals surface area contributed by atoms with Crippen LogP contribution in [0.1, 0.15) is 32.3 Å². The van der Waals surface area contributed by atoms with Gasteiger partial charge in [-0.2, -0.15) is 0 Å². The summed E-state index contributed by atoms with van der Waals surface area (Å²) in [5.74, 6) is -0.0780. The van der Waals surface area contributed by atoms with Gasteiger partial charge in [-0.1, -0.05) is 26.0 Å². The van der Waals surface area contributed by atoms with Gasteiger partial charge < -0.3 is 10.4 Å². The average molecular weight is 307 g/mol. The summed E-state index contributed by atoms with van der Waals surface area (Å²) in [5, 5.41) is 12.0. The van der Waals surface area contributed by atoms with E-state index >= 15 is 0 Å². The number of aliphatic hydroxyl groups is 1. The molecule has 2 N–H and O–H groups in total. The lowest BCUT2D eigenvalue weighted by Crippen LogP contribution is -2.24. The molecule has 21 heavy (non-hydrogen) atoms. The first-order valence-electron chi connectivity index (χ1n) is 7.18. The first kappa shape index (κ1) is 17.8. The first-order chi connectivity index (χ1) is 9.96. The Bertz CT molecular complexity index is 466. The summed E-state index contributed by atoms with van der Waals surface area (Å²) in [6.07, 6.45) is 7.18. The maximum absolute atomic E-state index is 11.7. The van der Waals surface area contributed by atoms with Crippen LogP contribution in [-0.2, 0) is 4.79 Å². The van der Waals surface area contributed by atoms with E-state index in [9.17, 15) is 4.79 Å². The summed E-state index contributed by atoms with van der Waals surface area (Å²) in [4.78, 5) is 12.9. The topological polar surface area (TPSA) is 49.3 Å². The average Bonchev–Trinajstić information content (AvgIpc) is 2.50. The SMILES string of the molecule is CSc1ccc(/C=C/C(=O)NCCCC(C)(C)CO)cc1. The Kier molecular flexibility index (Phi) is 7.54. The molecule has 0 aromatic heterocycles. The Morgan fingerprint density at radius 1 is 1.33 bits per heavy atom. The Labute approximate surface area is 131 Å². The van der Waals surface area contributed by atoms with Crippen LogP contribution in [0.25, 0.3) is 6.08 Å². The summed E-state index contributed by atoms with van der Waals surface area (Å²) in [6, 6.07) is 8.08. The van der Waals surface area contributed by atoms with Crippen molar-refractivity contribution in [3.8, 4) is 0 Å². The zero-order chi connectivity index (χ0) is 15.7. The number of nitrogens with one attached hydrogen (secondary N) is 1. The molecular weight excluding hydrogens is 282 g/mol. The van der Waals surface area contributed by atoms with Crippen molar-refractivity contribution in [1.29, 1.82) is 0 Å². The van der Waals surface area contributed by atoms with Crippen molar-refractivity contribution in [3.05, 3.63) is 35.9 Å². The molecule has 0 fully saturated rings. The zero-order valence-corrected chi connectivity index (χ0v) is 13.9. The second-order valence-electron chi connectivity index (χ2n) is 5.82. The molecule has 0 heterocycles. The van der Waals surface area contributed by atoms with Gasteiger partial charge in [-0.3, -0.25) is 4.79 Å². The van der Waals surface area contributed by atoms with Crippen LogP contribution in [0.2, 0.25) is 0 Å². The minimum atomic E-state index is -0.0780. The molecule has 116 valence electrons. The standard InChI is InChI=1S/C17H25NO2S/c1-17(2,13-19)11-4-12-18-16(20)10-7-14-5-8-15(21-3)9-6-14/h5-10,19H,4,11-13H2,1-3H3,(H,18,20)/b10-7+. The van der Waals surface area contributed by atoms with E-state index in [2.05, 4.69) is 5.32 Å². The van der Waals surface area contributed by atoms with Gasteiger partial charge in [0.1, 0.15) is 0 Å². The normalized spacial score (nSPS) is 11.8. The van der Waals surface area contributed by atoms with Crippen molar-refractivity contribution in [2.45, 2.75) is 31.6 Å². The van der Waals surface area contributed by atoms with Crippen LogP contribution >= 0.6 is 11.8 Å². The van der Waals surface area contributed by atoms with Crippen LogP contribution in [0, 0.1) is 5.41 Å². The third-order valence-electron chi connectivity index (χ3n) is 3.30. The van der Waals surface area contributed by atoms with Gasteiger partial charge in [0.15, 0.2) is 0 Å². The molecule has 0 unspecified atom stereocenters. The molecule has 0 bridgehead atoms. The highest BCUT2D eigenvalue weighted by Crippen LogP contribution is 2.20. The van der Waals surface area contributed by atoms with Crippen LogP contribution in [0.5, 0.6) is 0 Å². The van der Waals surface area contributed by atoms with E-state index < -0.39 is 0 Å². The number of amides is 1. The molecule has 0 radical (unpaired) electrons. The third-order valence-corrected chi connectivity index (χ3v) is 4.04. The fourth-order valence-electron chi connectivity index (χ4n) is 1.80. The van der Waals surface area contributed by atoms with Crippen LogP contribution in [0.3, 0.4) is 0 Å². The Morgan fingerprint density at radius 3 is 2.57 bits per heavy atom. The molecule has 1 aromatic carbocycles. The maximum atomic E-state index is 11.7. The number of rotatable bonds is 8. The van der Waals surface area contributed by atoms with E-state index in [0.717, 1.165) is 18.4 Å². The van der Waals surface area contributed by atoms with Gasteiger partial charge >= 0.3 is 0 Å². The highest BCUT2D eigenvalue weighted by molar-refractivity contribution is 7.98. The molecule has 0 saturated heterocycles. The fourth-order valence-corrected chi connectivity index (χ4v) is 2.21. The second-order valence-corrected chi connectivity index (χ2v) is 6.70. The molecule has 4 heteroatoms. The molecule has 0 saturated carbocycles. The minimum Gasteiger partial charge on any atom is -0.396 e. The Morgan fingerprint density at radius 2 is 2.00 bits per heavy atom. The van der Waals surface area contributed by atoms with Gasteiger partial charge in [0.25, 0.3) is 0 Å². The Hall–Kier alpha value is -1.26. The number of carbonyl (C=O) groups is 1. The molecule has 0 atom stereocenters. The number of thioether (sulfide) groups is 1. The monoisotopic (exact) mass is 307 g/mol. The first-order valence-corrected chi connectivity index (χ1v) is 8.40. The summed E-state index contributed by atoms with van der Waals surface area (Å²) < 4.78 is 0. The summed E-state index contributed by atoms with van der Waals surface area (Å²) in [7, 11) is 0. The lowest BCUT2D eigenvalue weighted by molar-refractivity contribution is -0.116. The van der Waals surface area contributed by atoms with E-state index in [0.29, 0.717) is 6.54 Å². The van der Waals surface area contributed by atoms with Crippen LogP contribution in [-0.4, -0.2) is 30.4 Å². The van der Waals surface area contributed by atoms with E-state index in [1.807, 2.05) is 50.4 Å². The van der Waals surface area contributed by atoms with Crippen LogP contribution in [0.15, 0.2) is 35.2 Å². The highest BCUT2D eigenvalue weighted by atomic mass is 32.2. The van der Waals surface area contributed by atoms with Gasteiger partial charge in [-0.25, -0.2) is 0 Å². The smallest absolute Gasteiger partial charge is 0.243 e. The van der Waals surface area contributed by atoms with Gasteiger partial charge in [-0.15, -0.1) is 11.8 Å². The molecule has 0 spiro atoms. The molecule has 3 nitrogen and oxygen atoms in total. The largest absolute Gasteiger partial charge is 0.396 e. The summed E-state index contributed by atoms with van der Waals surface area (Å²) >= 11 is 1.70. The maximum Gasteiger partial charge on any atom is 0.243 e. The van der Waals surface area contributed by atoms with Crippen molar-refractivity contribution in [3.63, 3.8) is 0 Å². The predicted molar refractivity (Wildman–Crippen MR) is 90.4 cm³/mol. The fraction of sp³-hybridized carbons (Fsp3) is 0.471. The molecule has 0 aliphatic heterocycles. The van der Waals surface area contributed by atoms with Gasteiger partial charge in [0, 0.05) is 24.1 Å². The summed E-state index contributed by atoms with van der Waals surface area (Å²) in [5.41, 5.74) is 0.948. The molecule has 0 aliphatic rings. The van der Waals surface area contributed by atoms with E-state index in [1.54, 1.807) is 17.8 Å². The molecule has 1 amide bonds. The highest BCUT2D eigenvalue weighted by Gasteiger charge is 2.15. The van der Waals surface area contributed by atoms with Crippen LogP contribution < -0.4 is 5.32 Å². The number of carbonyl (C=O) groups excluding carboxylic acids is 1. The molecular formula is C17H25NO2S. The number of benzene rings is 1. The molecule has 1 aromatic rings. The minimum absolute atomic E-state index is 0.0698. The molecule has 0 aliphatic carbocycles. The van der Waals surface area contributed by atoms with E-state index in [1.165, 1.54) is 4.90 Å². The van der Waals surface area contributed by atoms with Crippen molar-refractivity contribution >= 4 is 23.7 Å². The van der Waals surface area contributed by atoms with Crippen LogP contribution in [0.4, 0.5) is 0 Å². The Balaban J connectivity index is 2.31. The lowest BCUT2D eigenvalue weighted by Gasteiger charge is -2.20. The van der Waals surface area contributed by atoms with Crippen molar-refractivity contribution < 1.29 is 9.90 Å². The van der Waals surface area contributed by atoms with Gasteiger partial charge in [-0.05, 0) is 48.3 Å². The van der Waals surface area contributed by atoms with Crippen molar-refractivity contribution in [2.75, 3.05) is 19.4 Å². The van der Waals surface area contributed by atoms with Crippen molar-refractivity contribution in [2.24, 2.45) is 5.41 Å². The second kappa shape index (κ2) is 8.90. The zero-order valence-electron chi connectivity index (χ0n) is 13.1. The lowest BCUT2D eigenvalue weighted by atomic mass is 9.89.